The Morgan fingerprint density at radius 1 is 1.24 bits per heavy atom. The van der Waals surface area contributed by atoms with Crippen LogP contribution >= 0.6 is 0 Å². The normalized spacial score (nSPS) is 20.7. The zero-order chi connectivity index (χ0) is 14.8. The molecule has 1 unspecified atom stereocenters. The van der Waals surface area contributed by atoms with Crippen LogP contribution in [0.4, 0.5) is 0 Å². The van der Waals surface area contributed by atoms with Crippen LogP contribution in [-0.2, 0) is 11.3 Å². The third-order valence-electron chi connectivity index (χ3n) is 3.86. The minimum atomic E-state index is -0.482. The molecule has 0 aromatic heterocycles. The molecule has 3 heteroatoms. The van der Waals surface area contributed by atoms with Crippen LogP contribution in [0.25, 0.3) is 0 Å². The van der Waals surface area contributed by atoms with Crippen LogP contribution in [0.3, 0.4) is 0 Å². The molecule has 1 aliphatic heterocycles. The van der Waals surface area contributed by atoms with Gasteiger partial charge in [0.25, 0.3) is 0 Å². The molecule has 0 aliphatic carbocycles. The molecule has 0 saturated carbocycles. The Bertz CT molecular complexity index is 636. The van der Waals surface area contributed by atoms with Gasteiger partial charge >= 0.3 is 0 Å². The summed E-state index contributed by atoms with van der Waals surface area (Å²) in [5.74, 6) is 0.779. The van der Waals surface area contributed by atoms with Crippen molar-refractivity contribution in [1.29, 1.82) is 0 Å². The number of hydrogen-bond acceptors (Lipinski definition) is 3. The van der Waals surface area contributed by atoms with Gasteiger partial charge in [0.1, 0.15) is 11.9 Å². The molecule has 1 N–H and O–H groups in total. The van der Waals surface area contributed by atoms with Gasteiger partial charge in [-0.3, -0.25) is 0 Å². The fourth-order valence-corrected chi connectivity index (χ4v) is 2.82. The van der Waals surface area contributed by atoms with Crippen LogP contribution in [-0.4, -0.2) is 12.2 Å². The first-order valence-electron chi connectivity index (χ1n) is 7.20. The highest BCUT2D eigenvalue weighted by molar-refractivity contribution is 5.41. The minimum Gasteiger partial charge on any atom is -0.485 e. The topological polar surface area (TPSA) is 38.7 Å². The Balaban J connectivity index is 1.88. The molecule has 110 valence electrons. The lowest BCUT2D eigenvalue weighted by Crippen LogP contribution is -2.19. The van der Waals surface area contributed by atoms with Crippen LogP contribution in [0, 0.1) is 6.92 Å². The summed E-state index contributed by atoms with van der Waals surface area (Å²) in [5.41, 5.74) is 4.22. The second kappa shape index (κ2) is 5.88. The van der Waals surface area contributed by atoms with Gasteiger partial charge in [0.05, 0.1) is 12.7 Å². The number of hydrogen-bond donors (Lipinski definition) is 1. The summed E-state index contributed by atoms with van der Waals surface area (Å²) in [6, 6.07) is 14.1. The summed E-state index contributed by atoms with van der Waals surface area (Å²) >= 11 is 0. The smallest absolute Gasteiger partial charge is 0.127 e. The van der Waals surface area contributed by atoms with E-state index in [1.54, 1.807) is 7.11 Å². The Labute approximate surface area is 125 Å². The van der Waals surface area contributed by atoms with Crippen LogP contribution in [0.2, 0.25) is 0 Å². The zero-order valence-corrected chi connectivity index (χ0v) is 12.4. The van der Waals surface area contributed by atoms with Crippen molar-refractivity contribution >= 4 is 0 Å². The van der Waals surface area contributed by atoms with E-state index in [1.807, 2.05) is 43.3 Å². The van der Waals surface area contributed by atoms with E-state index in [9.17, 15) is 5.11 Å². The predicted octanol–water partition coefficient (Wildman–Crippen LogP) is 3.70. The molecule has 0 bridgehead atoms. The van der Waals surface area contributed by atoms with E-state index in [0.29, 0.717) is 13.0 Å². The molecule has 1 aliphatic rings. The van der Waals surface area contributed by atoms with Crippen LogP contribution in [0.5, 0.6) is 5.75 Å². The second-order valence-corrected chi connectivity index (χ2v) is 5.58. The Morgan fingerprint density at radius 3 is 2.90 bits per heavy atom. The van der Waals surface area contributed by atoms with Gasteiger partial charge in [0.2, 0.25) is 0 Å². The minimum absolute atomic E-state index is 0.119. The zero-order valence-electron chi connectivity index (χ0n) is 12.4. The molecule has 0 spiro atoms. The first-order valence-corrected chi connectivity index (χ1v) is 7.20. The number of rotatable bonds is 3. The number of ether oxygens (including phenoxy) is 2. The maximum Gasteiger partial charge on any atom is 0.127 e. The van der Waals surface area contributed by atoms with Crippen molar-refractivity contribution in [3.05, 3.63) is 64.7 Å². The van der Waals surface area contributed by atoms with Crippen molar-refractivity contribution in [2.24, 2.45) is 0 Å². The Morgan fingerprint density at radius 2 is 2.10 bits per heavy atom. The van der Waals surface area contributed by atoms with E-state index in [4.69, 9.17) is 9.47 Å². The molecule has 2 atom stereocenters. The second-order valence-electron chi connectivity index (χ2n) is 5.58. The molecule has 0 saturated heterocycles. The molecule has 0 amide bonds. The lowest BCUT2D eigenvalue weighted by Gasteiger charge is -2.30. The number of benzene rings is 2. The molecule has 3 nitrogen and oxygen atoms in total. The fraction of sp³-hybridized carbons (Fsp3) is 0.333. The maximum absolute atomic E-state index is 10.4. The highest BCUT2D eigenvalue weighted by Crippen LogP contribution is 2.41. The van der Waals surface area contributed by atoms with Gasteiger partial charge in [0.15, 0.2) is 0 Å². The molecular formula is C18H20O3. The molecule has 21 heavy (non-hydrogen) atoms. The standard InChI is InChI=1S/C18H20O3/c1-12-6-7-17-15(8-12)16(19)10-18(21-17)14-5-3-4-13(9-14)11-20-2/h3-9,16,18-19H,10-11H2,1-2H3/t16-,18?/m0/s1. The largest absolute Gasteiger partial charge is 0.485 e. The number of aliphatic hydroxyl groups excluding tert-OH is 1. The number of methoxy groups -OCH3 is 1. The quantitative estimate of drug-likeness (QED) is 0.934. The number of aryl methyl sites for hydroxylation is 1. The highest BCUT2D eigenvalue weighted by Gasteiger charge is 2.28. The third kappa shape index (κ3) is 2.94. The van der Waals surface area contributed by atoms with E-state index in [1.165, 1.54) is 0 Å². The van der Waals surface area contributed by atoms with Crippen molar-refractivity contribution in [3.63, 3.8) is 0 Å². The van der Waals surface area contributed by atoms with Gasteiger partial charge in [-0.1, -0.05) is 29.8 Å². The van der Waals surface area contributed by atoms with E-state index < -0.39 is 6.10 Å². The molecule has 1 heterocycles. The SMILES string of the molecule is COCc1cccc(C2C[C@H](O)c3cc(C)ccc3O2)c1. The molecule has 2 aromatic rings. The lowest BCUT2D eigenvalue weighted by atomic mass is 9.93. The molecule has 0 fully saturated rings. The van der Waals surface area contributed by atoms with Crippen molar-refractivity contribution in [1.82, 2.24) is 0 Å². The number of fused-ring (bicyclic) bond motifs is 1. The van der Waals surface area contributed by atoms with Gasteiger partial charge in [0, 0.05) is 19.1 Å². The van der Waals surface area contributed by atoms with Gasteiger partial charge in [-0.05, 0) is 36.2 Å². The predicted molar refractivity (Wildman–Crippen MR) is 81.3 cm³/mol. The Kier molecular flexibility index (Phi) is 3.95. The van der Waals surface area contributed by atoms with Crippen LogP contribution < -0.4 is 4.74 Å². The van der Waals surface area contributed by atoms with E-state index >= 15 is 0 Å². The molecule has 3 rings (SSSR count). The maximum atomic E-state index is 10.4. The summed E-state index contributed by atoms with van der Waals surface area (Å²) in [7, 11) is 1.69. The first kappa shape index (κ1) is 14.1. The summed E-state index contributed by atoms with van der Waals surface area (Å²) < 4.78 is 11.2. The highest BCUT2D eigenvalue weighted by atomic mass is 16.5. The van der Waals surface area contributed by atoms with Gasteiger partial charge in [-0.25, -0.2) is 0 Å². The summed E-state index contributed by atoms with van der Waals surface area (Å²) in [4.78, 5) is 0. The van der Waals surface area contributed by atoms with Crippen LogP contribution in [0.1, 0.15) is 40.9 Å². The molecule has 0 radical (unpaired) electrons. The van der Waals surface area contributed by atoms with Gasteiger partial charge in [-0.2, -0.15) is 0 Å². The summed E-state index contributed by atoms with van der Waals surface area (Å²) in [6.07, 6.45) is -0.0240. The average molecular weight is 284 g/mol. The van der Waals surface area contributed by atoms with Crippen molar-refractivity contribution in [2.75, 3.05) is 7.11 Å². The summed E-state index contributed by atoms with van der Waals surface area (Å²) in [6.45, 7) is 2.60. The van der Waals surface area contributed by atoms with Crippen LogP contribution in [0.15, 0.2) is 42.5 Å². The van der Waals surface area contributed by atoms with Crippen molar-refractivity contribution in [2.45, 2.75) is 32.2 Å². The van der Waals surface area contributed by atoms with Crippen molar-refractivity contribution < 1.29 is 14.6 Å². The van der Waals surface area contributed by atoms with E-state index in [0.717, 1.165) is 28.0 Å². The Hall–Kier alpha value is -1.84. The molecule has 2 aromatic carbocycles. The lowest BCUT2D eigenvalue weighted by molar-refractivity contribution is 0.0655. The average Bonchev–Trinajstić information content (AvgIpc) is 2.48. The summed E-state index contributed by atoms with van der Waals surface area (Å²) in [5, 5.41) is 10.4. The number of aliphatic hydroxyl groups is 1. The first-order chi connectivity index (χ1) is 10.2. The third-order valence-corrected chi connectivity index (χ3v) is 3.86. The van der Waals surface area contributed by atoms with Gasteiger partial charge < -0.3 is 14.6 Å². The monoisotopic (exact) mass is 284 g/mol. The van der Waals surface area contributed by atoms with Gasteiger partial charge in [-0.15, -0.1) is 0 Å². The fourth-order valence-electron chi connectivity index (χ4n) is 2.82. The van der Waals surface area contributed by atoms with Crippen molar-refractivity contribution in [3.8, 4) is 5.75 Å². The van der Waals surface area contributed by atoms with E-state index in [-0.39, 0.29) is 6.10 Å². The molecular weight excluding hydrogens is 264 g/mol. The van der Waals surface area contributed by atoms with E-state index in [2.05, 4.69) is 6.07 Å².